The van der Waals surface area contributed by atoms with Crippen LogP contribution in [-0.2, 0) is 11.3 Å². The van der Waals surface area contributed by atoms with Crippen LogP contribution in [0.25, 0.3) is 0 Å². The summed E-state index contributed by atoms with van der Waals surface area (Å²) in [6, 6.07) is 9.71. The minimum Gasteiger partial charge on any atom is -0.464 e. The fraction of sp³-hybridized carbons (Fsp3) is 0.214. The topological polar surface area (TPSA) is 54.1 Å². The maximum absolute atomic E-state index is 11.3. The number of rotatable bonds is 4. The monoisotopic (exact) mass is 322 g/mol. The molecule has 0 aliphatic rings. The summed E-state index contributed by atoms with van der Waals surface area (Å²) < 4.78 is 5.69. The van der Waals surface area contributed by atoms with Gasteiger partial charge in [-0.15, -0.1) is 0 Å². The highest BCUT2D eigenvalue weighted by Gasteiger charge is 2.07. The van der Waals surface area contributed by atoms with Gasteiger partial charge in [0.1, 0.15) is 5.69 Å². The van der Waals surface area contributed by atoms with Crippen LogP contribution in [0.1, 0.15) is 21.7 Å². The van der Waals surface area contributed by atoms with Gasteiger partial charge < -0.3 is 15.0 Å². The molecule has 19 heavy (non-hydrogen) atoms. The van der Waals surface area contributed by atoms with E-state index in [1.165, 1.54) is 12.7 Å². The number of anilines is 1. The van der Waals surface area contributed by atoms with Crippen LogP contribution in [0.15, 0.2) is 34.8 Å². The molecule has 5 heteroatoms. The van der Waals surface area contributed by atoms with Gasteiger partial charge in [-0.3, -0.25) is 0 Å². The second-order valence-electron chi connectivity index (χ2n) is 4.26. The summed E-state index contributed by atoms with van der Waals surface area (Å²) in [6.45, 7) is 2.66. The number of carbonyl (C=O) groups excluding carboxylic acids is 1. The zero-order valence-electron chi connectivity index (χ0n) is 10.8. The highest BCUT2D eigenvalue weighted by atomic mass is 79.9. The van der Waals surface area contributed by atoms with E-state index in [9.17, 15) is 4.79 Å². The molecular weight excluding hydrogens is 308 g/mol. The lowest BCUT2D eigenvalue weighted by molar-refractivity contribution is 0.0594. The Bertz CT molecular complexity index is 573. The van der Waals surface area contributed by atoms with Crippen molar-refractivity contribution in [1.29, 1.82) is 0 Å². The van der Waals surface area contributed by atoms with Gasteiger partial charge in [0.15, 0.2) is 0 Å². The number of aromatic nitrogens is 1. The molecule has 4 nitrogen and oxygen atoms in total. The van der Waals surface area contributed by atoms with Crippen LogP contribution >= 0.6 is 15.9 Å². The summed E-state index contributed by atoms with van der Waals surface area (Å²) in [5.41, 5.74) is 3.60. The summed E-state index contributed by atoms with van der Waals surface area (Å²) in [7, 11) is 1.37. The number of methoxy groups -OCH3 is 1. The Hall–Kier alpha value is -1.75. The van der Waals surface area contributed by atoms with Crippen LogP contribution in [0.2, 0.25) is 0 Å². The Kier molecular flexibility index (Phi) is 4.27. The number of carbonyl (C=O) groups is 1. The van der Waals surface area contributed by atoms with Crippen LogP contribution in [0.4, 0.5) is 5.69 Å². The third-order valence-electron chi connectivity index (χ3n) is 2.68. The fourth-order valence-corrected chi connectivity index (χ4v) is 2.42. The largest absolute Gasteiger partial charge is 0.464 e. The lowest BCUT2D eigenvalue weighted by Crippen LogP contribution is -2.03. The Labute approximate surface area is 120 Å². The molecule has 0 spiro atoms. The number of H-pyrrole nitrogens is 1. The molecule has 1 heterocycles. The summed E-state index contributed by atoms with van der Waals surface area (Å²) >= 11 is 3.46. The van der Waals surface area contributed by atoms with Gasteiger partial charge in [0, 0.05) is 15.9 Å². The molecule has 2 aromatic rings. The normalized spacial score (nSPS) is 10.3. The zero-order chi connectivity index (χ0) is 13.8. The maximum Gasteiger partial charge on any atom is 0.354 e. The standard InChI is InChI=1S/C14H15BrN2O2/c1-9-5-10(15)7-12(6-9)16-8-11-3-4-13(17-11)14(18)19-2/h3-7,16-17H,8H2,1-2H3. The third-order valence-corrected chi connectivity index (χ3v) is 3.13. The Morgan fingerprint density at radius 1 is 1.37 bits per heavy atom. The van der Waals surface area contributed by atoms with Gasteiger partial charge in [0.05, 0.1) is 13.7 Å². The molecule has 0 aliphatic heterocycles. The first-order valence-corrected chi connectivity index (χ1v) is 6.65. The minimum absolute atomic E-state index is 0.357. The summed E-state index contributed by atoms with van der Waals surface area (Å²) in [5, 5.41) is 3.30. The van der Waals surface area contributed by atoms with Crippen molar-refractivity contribution in [3.8, 4) is 0 Å². The number of hydrogen-bond acceptors (Lipinski definition) is 3. The Balaban J connectivity index is 2.02. The van der Waals surface area contributed by atoms with Crippen molar-refractivity contribution in [2.75, 3.05) is 12.4 Å². The number of hydrogen-bond donors (Lipinski definition) is 2. The molecule has 0 amide bonds. The van der Waals surface area contributed by atoms with Gasteiger partial charge in [-0.25, -0.2) is 4.79 Å². The highest BCUT2D eigenvalue weighted by Crippen LogP contribution is 2.19. The Morgan fingerprint density at radius 3 is 2.84 bits per heavy atom. The smallest absolute Gasteiger partial charge is 0.354 e. The van der Waals surface area contributed by atoms with Crippen LogP contribution in [0, 0.1) is 6.92 Å². The molecule has 100 valence electrons. The van der Waals surface area contributed by atoms with Crippen molar-refractivity contribution in [3.63, 3.8) is 0 Å². The molecule has 1 aromatic heterocycles. The first kappa shape index (κ1) is 13.7. The summed E-state index contributed by atoms with van der Waals surface area (Å²) in [5.74, 6) is -0.357. The predicted molar refractivity (Wildman–Crippen MR) is 78.3 cm³/mol. The minimum atomic E-state index is -0.357. The SMILES string of the molecule is COC(=O)c1ccc(CNc2cc(C)cc(Br)c2)[nH]1. The predicted octanol–water partition coefficient (Wildman–Crippen LogP) is 3.48. The number of nitrogens with one attached hydrogen (secondary N) is 2. The molecule has 1 aromatic carbocycles. The average Bonchev–Trinajstić information content (AvgIpc) is 2.83. The van der Waals surface area contributed by atoms with Gasteiger partial charge >= 0.3 is 5.97 Å². The van der Waals surface area contributed by atoms with Gasteiger partial charge in [0.25, 0.3) is 0 Å². The summed E-state index contributed by atoms with van der Waals surface area (Å²) in [6.07, 6.45) is 0. The van der Waals surface area contributed by atoms with Crippen molar-refractivity contribution in [3.05, 3.63) is 51.8 Å². The molecule has 0 saturated carbocycles. The van der Waals surface area contributed by atoms with E-state index in [-0.39, 0.29) is 5.97 Å². The molecule has 2 rings (SSSR count). The lowest BCUT2D eigenvalue weighted by atomic mass is 10.2. The van der Waals surface area contributed by atoms with Crippen molar-refractivity contribution < 1.29 is 9.53 Å². The first-order valence-electron chi connectivity index (χ1n) is 5.86. The zero-order valence-corrected chi connectivity index (χ0v) is 12.4. The Morgan fingerprint density at radius 2 is 2.16 bits per heavy atom. The molecule has 0 fully saturated rings. The van der Waals surface area contributed by atoms with E-state index in [0.717, 1.165) is 15.9 Å². The van der Waals surface area contributed by atoms with E-state index < -0.39 is 0 Å². The quantitative estimate of drug-likeness (QED) is 0.847. The van der Waals surface area contributed by atoms with E-state index in [0.29, 0.717) is 12.2 Å². The molecule has 0 saturated heterocycles. The third kappa shape index (κ3) is 3.61. The van der Waals surface area contributed by atoms with E-state index in [2.05, 4.69) is 43.1 Å². The van der Waals surface area contributed by atoms with Crippen molar-refractivity contribution in [2.24, 2.45) is 0 Å². The molecule has 0 radical (unpaired) electrons. The summed E-state index contributed by atoms with van der Waals surface area (Å²) in [4.78, 5) is 14.3. The number of aromatic amines is 1. The van der Waals surface area contributed by atoms with E-state index >= 15 is 0 Å². The van der Waals surface area contributed by atoms with Crippen LogP contribution in [0.5, 0.6) is 0 Å². The van der Waals surface area contributed by atoms with E-state index in [4.69, 9.17) is 0 Å². The number of esters is 1. The number of ether oxygens (including phenoxy) is 1. The number of halogens is 1. The molecule has 2 N–H and O–H groups in total. The van der Waals surface area contributed by atoms with Gasteiger partial charge in [0.2, 0.25) is 0 Å². The molecule has 0 unspecified atom stereocenters. The van der Waals surface area contributed by atoms with Gasteiger partial charge in [-0.05, 0) is 42.8 Å². The first-order chi connectivity index (χ1) is 9.08. The number of benzene rings is 1. The van der Waals surface area contributed by atoms with Gasteiger partial charge in [-0.1, -0.05) is 15.9 Å². The molecule has 0 aliphatic carbocycles. The van der Waals surface area contributed by atoms with Crippen molar-refractivity contribution >= 4 is 27.6 Å². The number of aryl methyl sites for hydroxylation is 1. The van der Waals surface area contributed by atoms with E-state index in [1.807, 2.05) is 19.1 Å². The average molecular weight is 323 g/mol. The van der Waals surface area contributed by atoms with Crippen LogP contribution in [-0.4, -0.2) is 18.1 Å². The molecule has 0 atom stereocenters. The molecular formula is C14H15BrN2O2. The fourth-order valence-electron chi connectivity index (χ4n) is 1.81. The van der Waals surface area contributed by atoms with Gasteiger partial charge in [-0.2, -0.15) is 0 Å². The van der Waals surface area contributed by atoms with E-state index in [1.54, 1.807) is 6.07 Å². The lowest BCUT2D eigenvalue weighted by Gasteiger charge is -2.07. The van der Waals surface area contributed by atoms with Crippen molar-refractivity contribution in [1.82, 2.24) is 4.98 Å². The van der Waals surface area contributed by atoms with Crippen LogP contribution in [0.3, 0.4) is 0 Å². The maximum atomic E-state index is 11.3. The highest BCUT2D eigenvalue weighted by molar-refractivity contribution is 9.10. The molecule has 0 bridgehead atoms. The second-order valence-corrected chi connectivity index (χ2v) is 5.18. The van der Waals surface area contributed by atoms with Crippen LogP contribution < -0.4 is 5.32 Å². The van der Waals surface area contributed by atoms with Crippen molar-refractivity contribution in [2.45, 2.75) is 13.5 Å². The second kappa shape index (κ2) is 5.93.